The molecule has 1 aromatic carbocycles. The summed E-state index contributed by atoms with van der Waals surface area (Å²) in [4.78, 5) is 8.76. The van der Waals surface area contributed by atoms with Crippen LogP contribution in [0.25, 0.3) is 0 Å². The van der Waals surface area contributed by atoms with Crippen molar-refractivity contribution in [1.82, 2.24) is 0 Å². The van der Waals surface area contributed by atoms with Crippen molar-refractivity contribution in [2.45, 2.75) is 10.3 Å². The highest BCUT2D eigenvalue weighted by molar-refractivity contribution is 14.1. The van der Waals surface area contributed by atoms with Crippen LogP contribution >= 0.6 is 22.6 Å². The summed E-state index contributed by atoms with van der Waals surface area (Å²) in [7, 11) is 0. The first-order chi connectivity index (χ1) is 6.17. The smallest absolute Gasteiger partial charge is 0.0894 e. The molecule has 0 bridgehead atoms. The Bertz CT molecular complexity index is 345. The Labute approximate surface area is 90.9 Å². The summed E-state index contributed by atoms with van der Waals surface area (Å²) in [5, 5.41) is 0. The molecule has 2 rings (SSSR count). The van der Waals surface area contributed by atoms with Gasteiger partial charge in [0, 0.05) is 12.4 Å². The lowest BCUT2D eigenvalue weighted by Crippen LogP contribution is -2.17. The fraction of sp³-hybridized carbons (Fsp3) is 0.200. The second kappa shape index (κ2) is 3.21. The van der Waals surface area contributed by atoms with E-state index in [1.165, 1.54) is 0 Å². The molecule has 2 nitrogen and oxygen atoms in total. The zero-order valence-corrected chi connectivity index (χ0v) is 9.39. The molecule has 3 heteroatoms. The lowest BCUT2D eigenvalue weighted by molar-refractivity contribution is 1.24. The monoisotopic (exact) mass is 284 g/mol. The van der Waals surface area contributed by atoms with Crippen molar-refractivity contribution in [2.24, 2.45) is 9.98 Å². The van der Waals surface area contributed by atoms with E-state index in [0.29, 0.717) is 0 Å². The number of para-hydroxylation sites is 2. The standard InChI is InChI=1S/C10H9IN2/c1-10(11)6-12-8-4-2-3-5-9(8)13-7-10/h2-7H,1H3. The molecule has 0 amide bonds. The average Bonchev–Trinajstić information content (AvgIpc) is 2.27. The molecule has 0 fully saturated rings. The Balaban J connectivity index is 2.53. The minimum atomic E-state index is -0.0726. The third kappa shape index (κ3) is 1.96. The van der Waals surface area contributed by atoms with Gasteiger partial charge >= 0.3 is 0 Å². The molecule has 0 aliphatic carbocycles. The number of rotatable bonds is 0. The van der Waals surface area contributed by atoms with Gasteiger partial charge in [-0.25, -0.2) is 0 Å². The van der Waals surface area contributed by atoms with Gasteiger partial charge in [0.1, 0.15) is 0 Å². The number of alkyl halides is 1. The second-order valence-electron chi connectivity index (χ2n) is 3.16. The molecule has 1 heterocycles. The maximum atomic E-state index is 4.38. The maximum Gasteiger partial charge on any atom is 0.0894 e. The van der Waals surface area contributed by atoms with E-state index in [0.717, 1.165) is 11.4 Å². The highest BCUT2D eigenvalue weighted by Crippen LogP contribution is 2.30. The maximum absolute atomic E-state index is 4.38. The minimum Gasteiger partial charge on any atom is -0.257 e. The van der Waals surface area contributed by atoms with Crippen molar-refractivity contribution < 1.29 is 0 Å². The fourth-order valence-corrected chi connectivity index (χ4v) is 1.39. The lowest BCUT2D eigenvalue weighted by Gasteiger charge is -2.06. The molecule has 66 valence electrons. The first-order valence-electron chi connectivity index (χ1n) is 4.06. The van der Waals surface area contributed by atoms with Crippen LogP contribution in [0.3, 0.4) is 0 Å². The van der Waals surface area contributed by atoms with Crippen LogP contribution in [0.4, 0.5) is 11.4 Å². The van der Waals surface area contributed by atoms with E-state index < -0.39 is 0 Å². The summed E-state index contributed by atoms with van der Waals surface area (Å²) in [6, 6.07) is 7.89. The Kier molecular flexibility index (Phi) is 2.19. The van der Waals surface area contributed by atoms with Gasteiger partial charge in [0.25, 0.3) is 0 Å². The van der Waals surface area contributed by atoms with Crippen molar-refractivity contribution in [3.8, 4) is 0 Å². The van der Waals surface area contributed by atoms with Gasteiger partial charge in [0.2, 0.25) is 0 Å². The number of benzene rings is 1. The number of hydrogen-bond donors (Lipinski definition) is 0. The number of nitrogens with zero attached hydrogens (tertiary/aromatic N) is 2. The van der Waals surface area contributed by atoms with Crippen LogP contribution in [-0.2, 0) is 0 Å². The van der Waals surface area contributed by atoms with Crippen molar-refractivity contribution in [1.29, 1.82) is 0 Å². The SMILES string of the molecule is CC1(I)C=Nc2ccccc2N=C1. The van der Waals surface area contributed by atoms with Gasteiger partial charge in [-0.2, -0.15) is 0 Å². The third-order valence-corrected chi connectivity index (χ3v) is 2.35. The molecule has 0 saturated carbocycles. The predicted octanol–water partition coefficient (Wildman–Crippen LogP) is 3.30. The topological polar surface area (TPSA) is 24.7 Å². The molecule has 1 aliphatic heterocycles. The zero-order chi connectivity index (χ0) is 9.31. The van der Waals surface area contributed by atoms with Crippen LogP contribution in [0.15, 0.2) is 34.3 Å². The second-order valence-corrected chi connectivity index (χ2v) is 5.48. The fourth-order valence-electron chi connectivity index (χ4n) is 1.11. The molecule has 13 heavy (non-hydrogen) atoms. The van der Waals surface area contributed by atoms with Gasteiger partial charge in [-0.05, 0) is 19.1 Å². The molecule has 0 spiro atoms. The van der Waals surface area contributed by atoms with Gasteiger partial charge in [0.15, 0.2) is 0 Å². The summed E-state index contributed by atoms with van der Waals surface area (Å²) in [6.45, 7) is 2.08. The molecular weight excluding hydrogens is 275 g/mol. The molecule has 0 N–H and O–H groups in total. The van der Waals surface area contributed by atoms with Gasteiger partial charge in [0.05, 0.1) is 14.8 Å². The van der Waals surface area contributed by atoms with Crippen molar-refractivity contribution in [3.63, 3.8) is 0 Å². The summed E-state index contributed by atoms with van der Waals surface area (Å²) in [5.41, 5.74) is 1.89. The number of halogens is 1. The van der Waals surface area contributed by atoms with Crippen LogP contribution in [0.1, 0.15) is 6.92 Å². The molecule has 1 aromatic rings. The molecule has 0 saturated heterocycles. The number of aliphatic imine (C=N–C) groups is 2. The van der Waals surface area contributed by atoms with Crippen LogP contribution in [0.5, 0.6) is 0 Å². The molecule has 0 unspecified atom stereocenters. The first-order valence-corrected chi connectivity index (χ1v) is 5.14. The third-order valence-electron chi connectivity index (χ3n) is 1.79. The van der Waals surface area contributed by atoms with Gasteiger partial charge in [-0.15, -0.1) is 0 Å². The van der Waals surface area contributed by atoms with E-state index in [2.05, 4.69) is 39.5 Å². The Hall–Kier alpha value is -0.710. The summed E-state index contributed by atoms with van der Waals surface area (Å²) < 4.78 is -0.0726. The number of fused-ring (bicyclic) bond motifs is 1. The van der Waals surface area contributed by atoms with E-state index >= 15 is 0 Å². The van der Waals surface area contributed by atoms with E-state index in [9.17, 15) is 0 Å². The van der Waals surface area contributed by atoms with E-state index in [4.69, 9.17) is 0 Å². The van der Waals surface area contributed by atoms with Crippen LogP contribution in [0.2, 0.25) is 0 Å². The highest BCUT2D eigenvalue weighted by atomic mass is 127. The zero-order valence-electron chi connectivity index (χ0n) is 7.24. The minimum absolute atomic E-state index is 0.0726. The van der Waals surface area contributed by atoms with Gasteiger partial charge in [-0.1, -0.05) is 34.7 Å². The van der Waals surface area contributed by atoms with Gasteiger partial charge < -0.3 is 0 Å². The molecule has 1 aliphatic rings. The Morgan fingerprint density at radius 3 is 2.00 bits per heavy atom. The summed E-state index contributed by atoms with van der Waals surface area (Å²) in [6.07, 6.45) is 3.84. The van der Waals surface area contributed by atoms with Crippen molar-refractivity contribution in [3.05, 3.63) is 24.3 Å². The Morgan fingerprint density at radius 1 is 1.08 bits per heavy atom. The Morgan fingerprint density at radius 2 is 1.54 bits per heavy atom. The molecular formula is C10H9IN2. The van der Waals surface area contributed by atoms with Gasteiger partial charge in [-0.3, -0.25) is 9.98 Å². The number of hydrogen-bond acceptors (Lipinski definition) is 2. The summed E-state index contributed by atoms with van der Waals surface area (Å²) in [5.74, 6) is 0. The van der Waals surface area contributed by atoms with Crippen molar-refractivity contribution >= 4 is 46.4 Å². The summed E-state index contributed by atoms with van der Waals surface area (Å²) >= 11 is 2.32. The molecule has 0 atom stereocenters. The lowest BCUT2D eigenvalue weighted by atomic mass is 10.2. The molecule has 0 radical (unpaired) electrons. The van der Waals surface area contributed by atoms with E-state index in [-0.39, 0.29) is 3.42 Å². The highest BCUT2D eigenvalue weighted by Gasteiger charge is 2.16. The predicted molar refractivity (Wildman–Crippen MR) is 65.2 cm³/mol. The molecule has 0 aromatic heterocycles. The van der Waals surface area contributed by atoms with E-state index in [1.54, 1.807) is 0 Å². The van der Waals surface area contributed by atoms with Crippen LogP contribution in [-0.4, -0.2) is 15.9 Å². The van der Waals surface area contributed by atoms with Crippen LogP contribution in [0, 0.1) is 0 Å². The van der Waals surface area contributed by atoms with Crippen molar-refractivity contribution in [2.75, 3.05) is 0 Å². The first kappa shape index (κ1) is 8.87. The van der Waals surface area contributed by atoms with Crippen LogP contribution < -0.4 is 0 Å². The quantitative estimate of drug-likeness (QED) is 0.516. The normalized spacial score (nSPS) is 18.0. The van der Waals surface area contributed by atoms with E-state index in [1.807, 2.05) is 36.7 Å². The largest absolute Gasteiger partial charge is 0.257 e. The average molecular weight is 284 g/mol.